The molecule has 6 heteroatoms. The number of imide groups is 1. The summed E-state index contributed by atoms with van der Waals surface area (Å²) in [7, 11) is 0. The van der Waals surface area contributed by atoms with Crippen molar-refractivity contribution in [3.8, 4) is 11.8 Å². The van der Waals surface area contributed by atoms with E-state index in [9.17, 15) is 14.9 Å². The maximum absolute atomic E-state index is 12.2. The Hall–Kier alpha value is -3.43. The molecule has 30 heavy (non-hydrogen) atoms. The number of fused-ring (bicyclic) bond motifs is 3. The Morgan fingerprint density at radius 1 is 1.00 bits per heavy atom. The maximum atomic E-state index is 12.2. The first-order valence-corrected chi connectivity index (χ1v) is 10.1. The Balaban J connectivity index is 2.07. The lowest BCUT2D eigenvalue weighted by atomic mass is 9.81. The summed E-state index contributed by atoms with van der Waals surface area (Å²) < 4.78 is 6.95. The highest BCUT2D eigenvalue weighted by molar-refractivity contribution is 9.10. The lowest BCUT2D eigenvalue weighted by Gasteiger charge is -2.32. The van der Waals surface area contributed by atoms with Gasteiger partial charge in [0.15, 0.2) is 0 Å². The molecule has 0 aliphatic carbocycles. The van der Waals surface area contributed by atoms with Crippen molar-refractivity contribution in [1.29, 1.82) is 5.26 Å². The molecule has 2 amide bonds. The fraction of sp³-hybridized carbons (Fsp3) is 0.125. The van der Waals surface area contributed by atoms with Gasteiger partial charge in [-0.2, -0.15) is 5.26 Å². The van der Waals surface area contributed by atoms with Crippen LogP contribution in [0.25, 0.3) is 10.8 Å². The molecule has 0 saturated heterocycles. The minimum absolute atomic E-state index is 0.0341. The second kappa shape index (κ2) is 7.77. The third kappa shape index (κ3) is 3.27. The van der Waals surface area contributed by atoms with Gasteiger partial charge in [-0.05, 0) is 34.5 Å². The summed E-state index contributed by atoms with van der Waals surface area (Å²) in [6, 6.07) is 21.5. The third-order valence-electron chi connectivity index (χ3n) is 5.10. The fourth-order valence-electron chi connectivity index (χ4n) is 3.86. The number of amides is 2. The standard InChI is InChI=1S/C24H17BrN2O3/c1-14(28)27(15(2)29)24-20(13-26)22(17-7-10-18(25)11-8-17)23-19-6-4-3-5-16(19)9-12-21(23)30-24/h3-12,22H,1-2H3. The summed E-state index contributed by atoms with van der Waals surface area (Å²) in [6.07, 6.45) is 0. The van der Waals surface area contributed by atoms with E-state index in [1.165, 1.54) is 13.8 Å². The first-order chi connectivity index (χ1) is 14.4. The van der Waals surface area contributed by atoms with Crippen LogP contribution in [0.4, 0.5) is 0 Å². The molecule has 0 N–H and O–H groups in total. The van der Waals surface area contributed by atoms with Crippen molar-refractivity contribution in [3.63, 3.8) is 0 Å². The topological polar surface area (TPSA) is 70.4 Å². The molecule has 0 fully saturated rings. The zero-order chi connectivity index (χ0) is 21.4. The third-order valence-corrected chi connectivity index (χ3v) is 5.63. The van der Waals surface area contributed by atoms with Crippen molar-refractivity contribution in [3.05, 3.63) is 87.7 Å². The van der Waals surface area contributed by atoms with Gasteiger partial charge >= 0.3 is 0 Å². The molecule has 1 heterocycles. The van der Waals surface area contributed by atoms with E-state index in [4.69, 9.17) is 4.74 Å². The molecule has 0 radical (unpaired) electrons. The SMILES string of the molecule is CC(=O)N(C(C)=O)C1=C(C#N)C(c2ccc(Br)cc2)c2c(ccc3ccccc23)O1. The van der Waals surface area contributed by atoms with Gasteiger partial charge in [0, 0.05) is 23.9 Å². The Labute approximate surface area is 182 Å². The van der Waals surface area contributed by atoms with Crippen LogP contribution >= 0.6 is 15.9 Å². The molecule has 1 unspecified atom stereocenters. The molecular weight excluding hydrogens is 444 g/mol. The highest BCUT2D eigenvalue weighted by atomic mass is 79.9. The Morgan fingerprint density at radius 2 is 1.67 bits per heavy atom. The average Bonchev–Trinajstić information content (AvgIpc) is 2.72. The zero-order valence-electron chi connectivity index (χ0n) is 16.3. The number of hydrogen-bond donors (Lipinski definition) is 0. The van der Waals surface area contributed by atoms with Gasteiger partial charge in [0.05, 0.1) is 5.92 Å². The number of allylic oxidation sites excluding steroid dienone is 1. The smallest absolute Gasteiger partial charge is 0.233 e. The lowest BCUT2D eigenvalue weighted by molar-refractivity contribution is -0.141. The largest absolute Gasteiger partial charge is 0.439 e. The summed E-state index contributed by atoms with van der Waals surface area (Å²) in [4.78, 5) is 25.4. The van der Waals surface area contributed by atoms with E-state index in [0.717, 1.165) is 31.3 Å². The van der Waals surface area contributed by atoms with Crippen LogP contribution in [0, 0.1) is 11.3 Å². The summed E-state index contributed by atoms with van der Waals surface area (Å²) in [5.41, 5.74) is 1.91. The summed E-state index contributed by atoms with van der Waals surface area (Å²) in [6.45, 7) is 2.55. The van der Waals surface area contributed by atoms with E-state index in [-0.39, 0.29) is 11.5 Å². The number of nitrogens with zero attached hydrogens (tertiary/aromatic N) is 2. The van der Waals surface area contributed by atoms with Gasteiger partial charge in [0.1, 0.15) is 17.4 Å². The first-order valence-electron chi connectivity index (χ1n) is 9.33. The van der Waals surface area contributed by atoms with Crippen LogP contribution in [0.5, 0.6) is 5.75 Å². The molecule has 3 aromatic carbocycles. The second-order valence-electron chi connectivity index (χ2n) is 6.99. The van der Waals surface area contributed by atoms with Gasteiger partial charge in [-0.3, -0.25) is 9.59 Å². The quantitative estimate of drug-likeness (QED) is 0.522. The predicted octanol–water partition coefficient (Wildman–Crippen LogP) is 5.26. The zero-order valence-corrected chi connectivity index (χ0v) is 17.9. The van der Waals surface area contributed by atoms with Crippen LogP contribution in [0.2, 0.25) is 0 Å². The van der Waals surface area contributed by atoms with Gasteiger partial charge in [-0.25, -0.2) is 4.90 Å². The molecule has 0 bridgehead atoms. The van der Waals surface area contributed by atoms with Crippen molar-refractivity contribution < 1.29 is 14.3 Å². The number of hydrogen-bond acceptors (Lipinski definition) is 4. The number of benzene rings is 3. The highest BCUT2D eigenvalue weighted by Gasteiger charge is 2.37. The molecule has 0 saturated carbocycles. The number of carbonyl (C=O) groups is 2. The molecule has 1 atom stereocenters. The van der Waals surface area contributed by atoms with Crippen LogP contribution in [0.15, 0.2) is 76.6 Å². The minimum atomic E-state index is -0.510. The maximum Gasteiger partial charge on any atom is 0.233 e. The molecule has 0 aromatic heterocycles. The average molecular weight is 461 g/mol. The van der Waals surface area contributed by atoms with Crippen molar-refractivity contribution in [1.82, 2.24) is 4.90 Å². The highest BCUT2D eigenvalue weighted by Crippen LogP contribution is 2.47. The summed E-state index contributed by atoms with van der Waals surface area (Å²) in [5.74, 6) is -1.03. The van der Waals surface area contributed by atoms with E-state index in [0.29, 0.717) is 5.75 Å². The Morgan fingerprint density at radius 3 is 2.30 bits per heavy atom. The molecule has 0 spiro atoms. The van der Waals surface area contributed by atoms with Crippen molar-refractivity contribution in [2.75, 3.05) is 0 Å². The molecule has 3 aromatic rings. The number of rotatable bonds is 2. The van der Waals surface area contributed by atoms with E-state index in [2.05, 4.69) is 22.0 Å². The van der Waals surface area contributed by atoms with E-state index < -0.39 is 17.7 Å². The monoisotopic (exact) mass is 460 g/mol. The van der Waals surface area contributed by atoms with Gasteiger partial charge in [-0.15, -0.1) is 0 Å². The lowest BCUT2D eigenvalue weighted by Crippen LogP contribution is -2.37. The van der Waals surface area contributed by atoms with Crippen molar-refractivity contribution >= 4 is 38.5 Å². The first kappa shape index (κ1) is 19.9. The normalized spacial score (nSPS) is 15.2. The fourth-order valence-corrected chi connectivity index (χ4v) is 4.13. The van der Waals surface area contributed by atoms with Crippen LogP contribution in [-0.4, -0.2) is 16.7 Å². The number of halogens is 1. The van der Waals surface area contributed by atoms with Crippen LogP contribution in [0.1, 0.15) is 30.9 Å². The van der Waals surface area contributed by atoms with Gasteiger partial charge in [0.25, 0.3) is 0 Å². The van der Waals surface area contributed by atoms with Crippen molar-refractivity contribution in [2.45, 2.75) is 19.8 Å². The summed E-state index contributed by atoms with van der Waals surface area (Å²) >= 11 is 3.45. The molecule has 4 rings (SSSR count). The van der Waals surface area contributed by atoms with E-state index in [1.807, 2.05) is 60.7 Å². The van der Waals surface area contributed by atoms with Gasteiger partial charge in [0.2, 0.25) is 17.7 Å². The predicted molar refractivity (Wildman–Crippen MR) is 116 cm³/mol. The summed E-state index contributed by atoms with van der Waals surface area (Å²) in [5, 5.41) is 12.1. The van der Waals surface area contributed by atoms with Crippen LogP contribution in [-0.2, 0) is 9.59 Å². The Bertz CT molecular complexity index is 1240. The van der Waals surface area contributed by atoms with E-state index >= 15 is 0 Å². The second-order valence-corrected chi connectivity index (χ2v) is 7.90. The minimum Gasteiger partial charge on any atom is -0.439 e. The van der Waals surface area contributed by atoms with E-state index in [1.54, 1.807) is 0 Å². The molecule has 1 aliphatic heterocycles. The number of ether oxygens (including phenoxy) is 1. The molecule has 148 valence electrons. The number of carbonyl (C=O) groups excluding carboxylic acids is 2. The molecule has 5 nitrogen and oxygen atoms in total. The van der Waals surface area contributed by atoms with Crippen molar-refractivity contribution in [2.24, 2.45) is 0 Å². The van der Waals surface area contributed by atoms with Gasteiger partial charge < -0.3 is 4.74 Å². The molecular formula is C24H17BrN2O3. The van der Waals surface area contributed by atoms with Gasteiger partial charge in [-0.1, -0.05) is 58.4 Å². The van der Waals surface area contributed by atoms with Crippen LogP contribution < -0.4 is 4.74 Å². The van der Waals surface area contributed by atoms with Crippen LogP contribution in [0.3, 0.4) is 0 Å². The Kier molecular flexibility index (Phi) is 5.15. The number of nitriles is 1. The molecule has 1 aliphatic rings.